The molecule has 3 rings (SSSR count). The summed E-state index contributed by atoms with van der Waals surface area (Å²) in [6.07, 6.45) is 0. The van der Waals surface area contributed by atoms with E-state index in [4.69, 9.17) is 9.31 Å². The molecule has 0 aromatic heterocycles. The van der Waals surface area contributed by atoms with Crippen LogP contribution in [0.1, 0.15) is 44.6 Å². The molecule has 0 atom stereocenters. The molecule has 0 spiro atoms. The maximum Gasteiger partial charge on any atom is 0.470 e. The van der Waals surface area contributed by atoms with Crippen LogP contribution in [0, 0.1) is 0 Å². The smallest absolute Gasteiger partial charge is 0.403 e. The lowest BCUT2D eigenvalue weighted by molar-refractivity contribution is 0.00578. The number of hydrogen-bond acceptors (Lipinski definition) is 2. The minimum atomic E-state index is -0.320. The first-order valence-corrected chi connectivity index (χ1v) is 7.86. The average molecular weight is 294 g/mol. The maximum atomic E-state index is 6.31. The van der Waals surface area contributed by atoms with E-state index in [9.17, 15) is 0 Å². The monoisotopic (exact) mass is 294 g/mol. The first-order chi connectivity index (χ1) is 10.4. The second-order valence-electron chi connectivity index (χ2n) is 6.92. The van der Waals surface area contributed by atoms with Crippen LogP contribution in [0.2, 0.25) is 0 Å². The first-order valence-electron chi connectivity index (χ1n) is 7.86. The Labute approximate surface area is 133 Å². The highest BCUT2D eigenvalue weighted by atomic mass is 16.7. The minimum absolute atomic E-state index is 0.0726. The van der Waals surface area contributed by atoms with E-state index in [1.807, 2.05) is 12.1 Å². The van der Waals surface area contributed by atoms with Crippen molar-refractivity contribution < 1.29 is 9.31 Å². The van der Waals surface area contributed by atoms with Crippen molar-refractivity contribution in [3.05, 3.63) is 71.8 Å². The SMILES string of the molecule is CC1(C)OB(C(c2ccccc2)c2ccccc2)OC1(C)C. The summed E-state index contributed by atoms with van der Waals surface area (Å²) in [7, 11) is -0.283. The van der Waals surface area contributed by atoms with Gasteiger partial charge in [0.2, 0.25) is 0 Å². The zero-order chi connectivity index (χ0) is 15.8. The molecule has 2 aromatic carbocycles. The summed E-state index contributed by atoms with van der Waals surface area (Å²) in [6.45, 7) is 8.39. The van der Waals surface area contributed by atoms with Crippen LogP contribution in [0.15, 0.2) is 60.7 Å². The zero-order valence-electron chi connectivity index (χ0n) is 13.7. The van der Waals surface area contributed by atoms with Gasteiger partial charge >= 0.3 is 7.12 Å². The molecule has 0 aliphatic carbocycles. The lowest BCUT2D eigenvalue weighted by Gasteiger charge is -2.32. The molecule has 114 valence electrons. The maximum absolute atomic E-state index is 6.31. The standard InChI is InChI=1S/C19H23BO2/c1-18(2)19(3,4)22-20(21-18)17(15-11-7-5-8-12-15)16-13-9-6-10-14-16/h5-14,17H,1-4H3. The summed E-state index contributed by atoms with van der Waals surface area (Å²) in [6, 6.07) is 20.9. The summed E-state index contributed by atoms with van der Waals surface area (Å²) in [4.78, 5) is 0. The van der Waals surface area contributed by atoms with Gasteiger partial charge in [0.15, 0.2) is 0 Å². The second-order valence-corrected chi connectivity index (χ2v) is 6.92. The van der Waals surface area contributed by atoms with E-state index in [2.05, 4.69) is 76.2 Å². The van der Waals surface area contributed by atoms with E-state index in [0.717, 1.165) is 0 Å². The second kappa shape index (κ2) is 5.56. The molecule has 3 heteroatoms. The van der Waals surface area contributed by atoms with Crippen LogP contribution in [0.5, 0.6) is 0 Å². The van der Waals surface area contributed by atoms with Crippen molar-refractivity contribution in [1.29, 1.82) is 0 Å². The van der Waals surface area contributed by atoms with Gasteiger partial charge in [0, 0.05) is 5.82 Å². The van der Waals surface area contributed by atoms with Crippen molar-refractivity contribution in [2.45, 2.75) is 44.7 Å². The molecule has 0 amide bonds. The molecule has 1 heterocycles. The van der Waals surface area contributed by atoms with Crippen LogP contribution < -0.4 is 0 Å². The van der Waals surface area contributed by atoms with Crippen LogP contribution in [-0.2, 0) is 9.31 Å². The van der Waals surface area contributed by atoms with Gasteiger partial charge in [-0.3, -0.25) is 0 Å². The normalized spacial score (nSPS) is 19.6. The van der Waals surface area contributed by atoms with Gasteiger partial charge in [-0.15, -0.1) is 0 Å². The number of hydrogen-bond donors (Lipinski definition) is 0. The van der Waals surface area contributed by atoms with Crippen molar-refractivity contribution in [3.63, 3.8) is 0 Å². The van der Waals surface area contributed by atoms with Crippen molar-refractivity contribution in [2.24, 2.45) is 0 Å². The van der Waals surface area contributed by atoms with E-state index in [-0.39, 0.29) is 24.1 Å². The Bertz CT molecular complexity index is 567. The van der Waals surface area contributed by atoms with E-state index in [1.165, 1.54) is 11.1 Å². The molecule has 0 unspecified atom stereocenters. The highest BCUT2D eigenvalue weighted by Gasteiger charge is 2.54. The Morgan fingerprint density at radius 3 is 1.41 bits per heavy atom. The third-order valence-electron chi connectivity index (χ3n) is 4.86. The van der Waals surface area contributed by atoms with Gasteiger partial charge < -0.3 is 9.31 Å². The molecule has 22 heavy (non-hydrogen) atoms. The van der Waals surface area contributed by atoms with Gasteiger partial charge in [-0.1, -0.05) is 60.7 Å². The molecule has 2 aromatic rings. The third-order valence-corrected chi connectivity index (χ3v) is 4.86. The first kappa shape index (κ1) is 15.3. The molecule has 0 N–H and O–H groups in total. The van der Waals surface area contributed by atoms with Crippen molar-refractivity contribution >= 4 is 7.12 Å². The van der Waals surface area contributed by atoms with Crippen LogP contribution in [0.25, 0.3) is 0 Å². The lowest BCUT2D eigenvalue weighted by atomic mass is 9.64. The molecule has 0 saturated carbocycles. The van der Waals surface area contributed by atoms with Gasteiger partial charge in [0.05, 0.1) is 11.2 Å². The van der Waals surface area contributed by atoms with Crippen molar-refractivity contribution in [1.82, 2.24) is 0 Å². The summed E-state index contributed by atoms with van der Waals surface area (Å²) in [5.41, 5.74) is 1.79. The van der Waals surface area contributed by atoms with E-state index in [0.29, 0.717) is 0 Å². The van der Waals surface area contributed by atoms with Crippen LogP contribution in [-0.4, -0.2) is 18.3 Å². The summed E-state index contributed by atoms with van der Waals surface area (Å²) >= 11 is 0. The highest BCUT2D eigenvalue weighted by Crippen LogP contribution is 2.42. The largest absolute Gasteiger partial charge is 0.470 e. The quantitative estimate of drug-likeness (QED) is 0.779. The van der Waals surface area contributed by atoms with E-state index in [1.54, 1.807) is 0 Å². The Morgan fingerprint density at radius 1 is 0.682 bits per heavy atom. The molecule has 2 nitrogen and oxygen atoms in total. The Kier molecular flexibility index (Phi) is 3.88. The van der Waals surface area contributed by atoms with Gasteiger partial charge in [-0.05, 0) is 38.8 Å². The fourth-order valence-electron chi connectivity index (χ4n) is 2.85. The minimum Gasteiger partial charge on any atom is -0.403 e. The molecule has 0 radical (unpaired) electrons. The Balaban J connectivity index is 2.01. The van der Waals surface area contributed by atoms with E-state index < -0.39 is 0 Å². The zero-order valence-corrected chi connectivity index (χ0v) is 13.7. The van der Waals surface area contributed by atoms with Gasteiger partial charge in [0.25, 0.3) is 0 Å². The van der Waals surface area contributed by atoms with Crippen molar-refractivity contribution in [3.8, 4) is 0 Å². The summed E-state index contributed by atoms with van der Waals surface area (Å²) in [5, 5.41) is 0. The third kappa shape index (κ3) is 2.71. The van der Waals surface area contributed by atoms with Crippen LogP contribution in [0.3, 0.4) is 0 Å². The predicted molar refractivity (Wildman–Crippen MR) is 90.8 cm³/mol. The molecular formula is C19H23BO2. The average Bonchev–Trinajstić information content (AvgIpc) is 2.69. The molecule has 1 fully saturated rings. The molecule has 0 bridgehead atoms. The summed E-state index contributed by atoms with van der Waals surface area (Å²) < 4.78 is 12.6. The van der Waals surface area contributed by atoms with Crippen molar-refractivity contribution in [2.75, 3.05) is 0 Å². The molecule has 1 aliphatic heterocycles. The topological polar surface area (TPSA) is 18.5 Å². The van der Waals surface area contributed by atoms with Gasteiger partial charge in [-0.25, -0.2) is 0 Å². The fourth-order valence-corrected chi connectivity index (χ4v) is 2.85. The highest BCUT2D eigenvalue weighted by molar-refractivity contribution is 6.48. The molecule has 1 saturated heterocycles. The number of benzene rings is 2. The number of rotatable bonds is 3. The Hall–Kier alpha value is -1.58. The fraction of sp³-hybridized carbons (Fsp3) is 0.368. The van der Waals surface area contributed by atoms with Gasteiger partial charge in [0.1, 0.15) is 0 Å². The Morgan fingerprint density at radius 2 is 1.05 bits per heavy atom. The van der Waals surface area contributed by atoms with Crippen LogP contribution in [0.4, 0.5) is 0 Å². The van der Waals surface area contributed by atoms with E-state index >= 15 is 0 Å². The lowest BCUT2D eigenvalue weighted by Crippen LogP contribution is -2.41. The molecule has 1 aliphatic rings. The predicted octanol–water partition coefficient (Wildman–Crippen LogP) is 4.45. The summed E-state index contributed by atoms with van der Waals surface area (Å²) in [5.74, 6) is 0.0726. The molecular weight excluding hydrogens is 271 g/mol. The van der Waals surface area contributed by atoms with Crippen LogP contribution >= 0.6 is 0 Å². The van der Waals surface area contributed by atoms with Gasteiger partial charge in [-0.2, -0.15) is 0 Å².